The molecule has 1 rings (SSSR count). The van der Waals surface area contributed by atoms with Crippen molar-refractivity contribution < 1.29 is 13.2 Å². The molecule has 0 unspecified atom stereocenters. The van der Waals surface area contributed by atoms with Gasteiger partial charge in [-0.3, -0.25) is 4.79 Å². The Balaban J connectivity index is 3.23. The Morgan fingerprint density at radius 3 is 2.50 bits per heavy atom. The van der Waals surface area contributed by atoms with Crippen LogP contribution in [0.1, 0.15) is 10.4 Å². The van der Waals surface area contributed by atoms with Crippen LogP contribution in [0.25, 0.3) is 0 Å². The lowest BCUT2D eigenvalue weighted by molar-refractivity contribution is 0.1000. The zero-order valence-corrected chi connectivity index (χ0v) is 11.4. The monoisotopic (exact) mass is 325 g/mol. The molecule has 0 saturated carbocycles. The third kappa shape index (κ3) is 2.56. The van der Waals surface area contributed by atoms with Gasteiger partial charge in [0.05, 0.1) is 0 Å². The highest BCUT2D eigenvalue weighted by molar-refractivity contribution is 9.12. The SMILES string of the molecule is CS(=O)(=O)[C@](Cl)(Br)C(=O)c1cccc(N)c1. The molecule has 1 aromatic carbocycles. The van der Waals surface area contributed by atoms with Gasteiger partial charge < -0.3 is 5.73 Å². The van der Waals surface area contributed by atoms with Crippen LogP contribution in [0.15, 0.2) is 24.3 Å². The molecule has 2 N–H and O–H groups in total. The second-order valence-corrected chi connectivity index (χ2v) is 8.36. The number of benzene rings is 1. The molecule has 1 aromatic rings. The molecule has 0 heterocycles. The molecule has 1 atom stereocenters. The lowest BCUT2D eigenvalue weighted by Gasteiger charge is -2.16. The van der Waals surface area contributed by atoms with Gasteiger partial charge in [-0.15, -0.1) is 0 Å². The van der Waals surface area contributed by atoms with Crippen LogP contribution in [0.4, 0.5) is 5.69 Å². The number of hydrogen-bond donors (Lipinski definition) is 1. The first-order chi connectivity index (χ1) is 7.16. The van der Waals surface area contributed by atoms with Gasteiger partial charge in [-0.05, 0) is 28.1 Å². The van der Waals surface area contributed by atoms with Crippen molar-refractivity contribution in [3.05, 3.63) is 29.8 Å². The third-order valence-electron chi connectivity index (χ3n) is 1.88. The molecule has 0 fully saturated rings. The molecular formula is C9H9BrClNO3S. The lowest BCUT2D eigenvalue weighted by Crippen LogP contribution is -2.34. The van der Waals surface area contributed by atoms with Gasteiger partial charge in [0.1, 0.15) is 0 Å². The van der Waals surface area contributed by atoms with Gasteiger partial charge in [0.2, 0.25) is 5.78 Å². The first kappa shape index (κ1) is 13.5. The Morgan fingerprint density at radius 2 is 2.06 bits per heavy atom. The fourth-order valence-corrected chi connectivity index (χ4v) is 1.81. The summed E-state index contributed by atoms with van der Waals surface area (Å²) < 4.78 is 20.5. The summed E-state index contributed by atoms with van der Waals surface area (Å²) in [4.78, 5) is 11.9. The second kappa shape index (κ2) is 4.35. The van der Waals surface area contributed by atoms with Gasteiger partial charge in [0.15, 0.2) is 9.84 Å². The van der Waals surface area contributed by atoms with Crippen molar-refractivity contribution in [2.75, 3.05) is 12.0 Å². The van der Waals surface area contributed by atoms with E-state index in [2.05, 4.69) is 15.9 Å². The van der Waals surface area contributed by atoms with Crippen LogP contribution < -0.4 is 5.73 Å². The smallest absolute Gasteiger partial charge is 0.261 e. The van der Waals surface area contributed by atoms with E-state index in [1.54, 1.807) is 12.1 Å². The molecule has 7 heteroatoms. The van der Waals surface area contributed by atoms with Crippen molar-refractivity contribution >= 4 is 48.8 Å². The van der Waals surface area contributed by atoms with Crippen molar-refractivity contribution in [2.24, 2.45) is 0 Å². The first-order valence-corrected chi connectivity index (χ1v) is 7.20. The normalized spacial score (nSPS) is 15.4. The van der Waals surface area contributed by atoms with Crippen LogP contribution in [0.2, 0.25) is 0 Å². The molecule has 0 saturated heterocycles. The van der Waals surface area contributed by atoms with Crippen molar-refractivity contribution in [2.45, 2.75) is 3.12 Å². The van der Waals surface area contributed by atoms with E-state index in [0.717, 1.165) is 6.26 Å². The Bertz CT molecular complexity index is 527. The standard InChI is InChI=1S/C9H9BrClNO3S/c1-16(14,15)9(10,11)8(13)6-3-2-4-7(12)5-6/h2-5H,12H2,1H3/t9-/m0/s1. The van der Waals surface area contributed by atoms with Gasteiger partial charge in [-0.1, -0.05) is 23.7 Å². The summed E-state index contributed by atoms with van der Waals surface area (Å²) in [7, 11) is -3.77. The Labute approximate surface area is 107 Å². The third-order valence-corrected chi connectivity index (χ3v) is 6.13. The number of halogens is 2. The highest BCUT2D eigenvalue weighted by atomic mass is 79.9. The van der Waals surface area contributed by atoms with Gasteiger partial charge >= 0.3 is 0 Å². The van der Waals surface area contributed by atoms with Crippen molar-refractivity contribution in [3.8, 4) is 0 Å². The average molecular weight is 327 g/mol. The highest BCUT2D eigenvalue weighted by Gasteiger charge is 2.44. The molecule has 0 spiro atoms. The number of nitrogen functional groups attached to an aromatic ring is 1. The predicted molar refractivity (Wildman–Crippen MR) is 67.5 cm³/mol. The molecular weight excluding hydrogens is 318 g/mol. The molecule has 0 aromatic heterocycles. The molecule has 16 heavy (non-hydrogen) atoms. The minimum absolute atomic E-state index is 0.136. The number of rotatable bonds is 3. The van der Waals surface area contributed by atoms with Crippen LogP contribution in [-0.4, -0.2) is 23.6 Å². The maximum absolute atomic E-state index is 11.9. The van der Waals surface area contributed by atoms with E-state index in [1.165, 1.54) is 12.1 Å². The second-order valence-electron chi connectivity index (χ2n) is 3.24. The van der Waals surface area contributed by atoms with E-state index in [0.29, 0.717) is 5.69 Å². The summed E-state index contributed by atoms with van der Waals surface area (Å²) in [5, 5.41) is 0. The number of Topliss-reactive ketones (excluding diaryl/α,β-unsaturated/α-hetero) is 1. The highest BCUT2D eigenvalue weighted by Crippen LogP contribution is 2.34. The van der Waals surface area contributed by atoms with Gasteiger partial charge in [0.25, 0.3) is 3.12 Å². The van der Waals surface area contributed by atoms with Crippen LogP contribution in [0, 0.1) is 0 Å². The Morgan fingerprint density at radius 1 is 1.50 bits per heavy atom. The van der Waals surface area contributed by atoms with E-state index in [-0.39, 0.29) is 5.56 Å². The molecule has 4 nitrogen and oxygen atoms in total. The number of anilines is 1. The summed E-state index contributed by atoms with van der Waals surface area (Å²) in [6.45, 7) is 0. The van der Waals surface area contributed by atoms with Gasteiger partial charge in [-0.25, -0.2) is 8.42 Å². The maximum Gasteiger partial charge on any atom is 0.261 e. The van der Waals surface area contributed by atoms with E-state index < -0.39 is 18.7 Å². The number of ketones is 1. The average Bonchev–Trinajstić information content (AvgIpc) is 2.14. The summed E-state index contributed by atoms with van der Waals surface area (Å²) in [6, 6.07) is 5.94. The molecule has 0 radical (unpaired) electrons. The number of carbonyl (C=O) groups is 1. The van der Waals surface area contributed by atoms with Crippen LogP contribution in [0.5, 0.6) is 0 Å². The minimum Gasteiger partial charge on any atom is -0.399 e. The summed E-state index contributed by atoms with van der Waals surface area (Å²) in [6.07, 6.45) is 0.874. The number of hydrogen-bond acceptors (Lipinski definition) is 4. The predicted octanol–water partition coefficient (Wildman–Crippen LogP) is 1.78. The van der Waals surface area contributed by atoms with E-state index in [4.69, 9.17) is 17.3 Å². The first-order valence-electron chi connectivity index (χ1n) is 4.14. The van der Waals surface area contributed by atoms with Crippen LogP contribution in [0.3, 0.4) is 0 Å². The minimum atomic E-state index is -3.77. The summed E-state index contributed by atoms with van der Waals surface area (Å²) in [5.41, 5.74) is 5.99. The Kier molecular flexibility index (Phi) is 3.66. The fourth-order valence-electron chi connectivity index (χ4n) is 1.02. The van der Waals surface area contributed by atoms with Gasteiger partial charge in [0, 0.05) is 17.5 Å². The fraction of sp³-hybridized carbons (Fsp3) is 0.222. The summed E-state index contributed by atoms with van der Waals surface area (Å²) >= 11 is 8.40. The van der Waals surface area contributed by atoms with Crippen LogP contribution >= 0.6 is 27.5 Å². The van der Waals surface area contributed by atoms with E-state index in [1.807, 2.05) is 0 Å². The zero-order chi connectivity index (χ0) is 12.6. The van der Waals surface area contributed by atoms with Crippen molar-refractivity contribution in [3.63, 3.8) is 0 Å². The Hall–Kier alpha value is -0.590. The number of nitrogens with two attached hydrogens (primary N) is 1. The largest absolute Gasteiger partial charge is 0.399 e. The number of alkyl halides is 2. The molecule has 0 aliphatic rings. The zero-order valence-electron chi connectivity index (χ0n) is 8.28. The topological polar surface area (TPSA) is 77.2 Å². The number of sulfone groups is 1. The molecule has 0 aliphatic heterocycles. The molecule has 0 bridgehead atoms. The number of carbonyl (C=O) groups excluding carboxylic acids is 1. The van der Waals surface area contributed by atoms with Crippen molar-refractivity contribution in [1.29, 1.82) is 0 Å². The quantitative estimate of drug-likeness (QED) is 0.522. The van der Waals surface area contributed by atoms with Crippen LogP contribution in [-0.2, 0) is 9.84 Å². The van der Waals surface area contributed by atoms with E-state index >= 15 is 0 Å². The van der Waals surface area contributed by atoms with E-state index in [9.17, 15) is 13.2 Å². The molecule has 88 valence electrons. The summed E-state index contributed by atoms with van der Waals surface area (Å²) in [5.74, 6) is -0.760. The van der Waals surface area contributed by atoms with Crippen molar-refractivity contribution in [1.82, 2.24) is 0 Å². The molecule has 0 aliphatic carbocycles. The lowest BCUT2D eigenvalue weighted by atomic mass is 10.1. The van der Waals surface area contributed by atoms with Gasteiger partial charge in [-0.2, -0.15) is 0 Å². The molecule has 0 amide bonds. The maximum atomic E-state index is 11.9.